The Balaban J connectivity index is 1.57. The number of nitrogens with zero attached hydrogens (tertiary/aromatic N) is 2. The zero-order valence-corrected chi connectivity index (χ0v) is 10.6. The predicted octanol–water partition coefficient (Wildman–Crippen LogP) is 1.28. The monoisotopic (exact) mass is 245 g/mol. The number of pyridine rings is 1. The van der Waals surface area contributed by atoms with Gasteiger partial charge < -0.3 is 10.2 Å². The van der Waals surface area contributed by atoms with Crippen molar-refractivity contribution in [2.45, 2.75) is 31.7 Å². The van der Waals surface area contributed by atoms with Crippen LogP contribution >= 0.6 is 0 Å². The summed E-state index contributed by atoms with van der Waals surface area (Å²) in [6.07, 6.45) is 6.26. The van der Waals surface area contributed by atoms with Gasteiger partial charge in [-0.3, -0.25) is 9.78 Å². The lowest BCUT2D eigenvalue weighted by Gasteiger charge is -2.18. The zero-order chi connectivity index (χ0) is 12.4. The topological polar surface area (TPSA) is 45.2 Å². The van der Waals surface area contributed by atoms with Crippen LogP contribution in [0.1, 0.15) is 36.6 Å². The SMILES string of the molecule is O=C(CNC1CCc2cccnc21)N1CCCC1. The summed E-state index contributed by atoms with van der Waals surface area (Å²) in [5, 5.41) is 3.36. The van der Waals surface area contributed by atoms with E-state index in [1.807, 2.05) is 17.2 Å². The number of fused-ring (bicyclic) bond motifs is 1. The van der Waals surface area contributed by atoms with Crippen LogP contribution in [0.5, 0.6) is 0 Å². The molecule has 1 N–H and O–H groups in total. The first kappa shape index (κ1) is 11.7. The first-order chi connectivity index (χ1) is 8.84. The predicted molar refractivity (Wildman–Crippen MR) is 69.1 cm³/mol. The second kappa shape index (κ2) is 5.06. The van der Waals surface area contributed by atoms with E-state index in [-0.39, 0.29) is 11.9 Å². The van der Waals surface area contributed by atoms with E-state index in [0.717, 1.165) is 44.5 Å². The van der Waals surface area contributed by atoms with Crippen molar-refractivity contribution >= 4 is 5.91 Å². The molecule has 0 bridgehead atoms. The Bertz CT molecular complexity index is 440. The van der Waals surface area contributed by atoms with Crippen LogP contribution in [0.4, 0.5) is 0 Å². The van der Waals surface area contributed by atoms with Gasteiger partial charge >= 0.3 is 0 Å². The molecular formula is C14H19N3O. The first-order valence-corrected chi connectivity index (χ1v) is 6.79. The maximum Gasteiger partial charge on any atom is 0.236 e. The molecular weight excluding hydrogens is 226 g/mol. The van der Waals surface area contributed by atoms with Gasteiger partial charge in [0.2, 0.25) is 5.91 Å². The molecule has 2 aliphatic rings. The number of nitrogens with one attached hydrogen (secondary N) is 1. The van der Waals surface area contributed by atoms with Crippen LogP contribution in [0.2, 0.25) is 0 Å². The fraction of sp³-hybridized carbons (Fsp3) is 0.571. The van der Waals surface area contributed by atoms with E-state index >= 15 is 0 Å². The molecule has 1 atom stereocenters. The van der Waals surface area contributed by atoms with Gasteiger partial charge in [0.25, 0.3) is 0 Å². The fourth-order valence-electron chi connectivity index (χ4n) is 2.90. The highest BCUT2D eigenvalue weighted by Gasteiger charge is 2.25. The summed E-state index contributed by atoms with van der Waals surface area (Å²) in [6, 6.07) is 4.37. The minimum Gasteiger partial charge on any atom is -0.342 e. The van der Waals surface area contributed by atoms with Crippen molar-refractivity contribution < 1.29 is 4.79 Å². The molecule has 2 heterocycles. The van der Waals surface area contributed by atoms with Gasteiger partial charge in [-0.2, -0.15) is 0 Å². The molecule has 1 aliphatic carbocycles. The van der Waals surface area contributed by atoms with E-state index < -0.39 is 0 Å². The van der Waals surface area contributed by atoms with E-state index in [0.29, 0.717) is 6.54 Å². The summed E-state index contributed by atoms with van der Waals surface area (Å²) in [5.41, 5.74) is 2.45. The Labute approximate surface area is 107 Å². The Morgan fingerprint density at radius 3 is 3.11 bits per heavy atom. The van der Waals surface area contributed by atoms with Crippen molar-refractivity contribution in [3.63, 3.8) is 0 Å². The minimum atomic E-state index is 0.233. The van der Waals surface area contributed by atoms with Crippen molar-refractivity contribution in [1.29, 1.82) is 0 Å². The number of aryl methyl sites for hydroxylation is 1. The Morgan fingerprint density at radius 2 is 2.28 bits per heavy atom. The van der Waals surface area contributed by atoms with Gasteiger partial charge in [0.15, 0.2) is 0 Å². The highest BCUT2D eigenvalue weighted by atomic mass is 16.2. The number of aromatic nitrogens is 1. The molecule has 1 unspecified atom stereocenters. The lowest BCUT2D eigenvalue weighted by Crippen LogP contribution is -2.37. The molecule has 1 aliphatic heterocycles. The summed E-state index contributed by atoms with van der Waals surface area (Å²) in [4.78, 5) is 18.3. The number of amides is 1. The number of carbonyl (C=O) groups excluding carboxylic acids is 1. The summed E-state index contributed by atoms with van der Waals surface area (Å²) in [5.74, 6) is 0.233. The van der Waals surface area contributed by atoms with Crippen LogP contribution < -0.4 is 5.32 Å². The number of rotatable bonds is 3. The van der Waals surface area contributed by atoms with Crippen molar-refractivity contribution in [2.24, 2.45) is 0 Å². The molecule has 1 fully saturated rings. The third-order valence-corrected chi connectivity index (χ3v) is 3.92. The van der Waals surface area contributed by atoms with Gasteiger partial charge in [-0.1, -0.05) is 6.07 Å². The molecule has 18 heavy (non-hydrogen) atoms. The van der Waals surface area contributed by atoms with Crippen molar-refractivity contribution in [3.8, 4) is 0 Å². The van der Waals surface area contributed by atoms with Crippen LogP contribution in [0.15, 0.2) is 18.3 Å². The molecule has 96 valence electrons. The largest absolute Gasteiger partial charge is 0.342 e. The Morgan fingerprint density at radius 1 is 1.44 bits per heavy atom. The van der Waals surface area contributed by atoms with Gasteiger partial charge in [0.05, 0.1) is 18.3 Å². The number of likely N-dealkylation sites (tertiary alicyclic amines) is 1. The van der Waals surface area contributed by atoms with Crippen molar-refractivity contribution in [1.82, 2.24) is 15.2 Å². The molecule has 0 radical (unpaired) electrons. The van der Waals surface area contributed by atoms with Crippen molar-refractivity contribution in [3.05, 3.63) is 29.6 Å². The molecule has 0 spiro atoms. The summed E-state index contributed by atoms with van der Waals surface area (Å²) in [6.45, 7) is 2.31. The number of hydrogen-bond acceptors (Lipinski definition) is 3. The molecule has 1 aromatic heterocycles. The lowest BCUT2D eigenvalue weighted by atomic mass is 10.2. The molecule has 1 amide bonds. The standard InChI is InChI=1S/C14H19N3O/c18-13(17-8-1-2-9-17)10-16-12-6-5-11-4-3-7-15-14(11)12/h3-4,7,12,16H,1-2,5-6,8-10H2. The molecule has 1 aromatic rings. The highest BCUT2D eigenvalue weighted by molar-refractivity contribution is 5.78. The molecule has 1 saturated heterocycles. The smallest absolute Gasteiger partial charge is 0.236 e. The van der Waals surface area contributed by atoms with Gasteiger partial charge in [-0.05, 0) is 37.3 Å². The second-order valence-electron chi connectivity index (χ2n) is 5.11. The summed E-state index contributed by atoms with van der Waals surface area (Å²) < 4.78 is 0. The molecule has 0 aromatic carbocycles. The van der Waals surface area contributed by atoms with Crippen LogP contribution in [0, 0.1) is 0 Å². The molecule has 3 rings (SSSR count). The fourth-order valence-corrected chi connectivity index (χ4v) is 2.90. The molecule has 0 saturated carbocycles. The molecule has 4 nitrogen and oxygen atoms in total. The molecule has 4 heteroatoms. The van der Waals surface area contributed by atoms with Crippen LogP contribution in [0.25, 0.3) is 0 Å². The van der Waals surface area contributed by atoms with Crippen LogP contribution in [-0.2, 0) is 11.2 Å². The van der Waals surface area contributed by atoms with E-state index in [1.165, 1.54) is 5.56 Å². The number of hydrogen-bond donors (Lipinski definition) is 1. The van der Waals surface area contributed by atoms with Crippen molar-refractivity contribution in [2.75, 3.05) is 19.6 Å². The normalized spacial score (nSPS) is 22.2. The zero-order valence-electron chi connectivity index (χ0n) is 10.6. The van der Waals surface area contributed by atoms with E-state index in [9.17, 15) is 4.79 Å². The quantitative estimate of drug-likeness (QED) is 0.872. The number of carbonyl (C=O) groups is 1. The first-order valence-electron chi connectivity index (χ1n) is 6.79. The lowest BCUT2D eigenvalue weighted by molar-refractivity contribution is -0.129. The van der Waals surface area contributed by atoms with Crippen LogP contribution in [0.3, 0.4) is 0 Å². The van der Waals surface area contributed by atoms with E-state index in [1.54, 1.807) is 0 Å². The Hall–Kier alpha value is -1.42. The van der Waals surface area contributed by atoms with Gasteiger partial charge in [-0.25, -0.2) is 0 Å². The highest BCUT2D eigenvalue weighted by Crippen LogP contribution is 2.28. The van der Waals surface area contributed by atoms with Gasteiger partial charge in [0, 0.05) is 19.3 Å². The maximum atomic E-state index is 12.0. The van der Waals surface area contributed by atoms with Crippen LogP contribution in [-0.4, -0.2) is 35.4 Å². The van der Waals surface area contributed by atoms with Gasteiger partial charge in [0.1, 0.15) is 0 Å². The summed E-state index contributed by atoms with van der Waals surface area (Å²) >= 11 is 0. The average Bonchev–Trinajstić information content (AvgIpc) is 3.06. The third-order valence-electron chi connectivity index (χ3n) is 3.92. The second-order valence-corrected chi connectivity index (χ2v) is 5.11. The maximum absolute atomic E-state index is 12.0. The van der Waals surface area contributed by atoms with E-state index in [2.05, 4.69) is 16.4 Å². The third kappa shape index (κ3) is 2.25. The van der Waals surface area contributed by atoms with Gasteiger partial charge in [-0.15, -0.1) is 0 Å². The summed E-state index contributed by atoms with van der Waals surface area (Å²) in [7, 11) is 0. The Kier molecular flexibility index (Phi) is 3.28. The van der Waals surface area contributed by atoms with E-state index in [4.69, 9.17) is 0 Å². The minimum absolute atomic E-state index is 0.233. The average molecular weight is 245 g/mol.